The molecule has 6 heterocycles. The van der Waals surface area contributed by atoms with Crippen molar-refractivity contribution >= 4 is 33.0 Å². The van der Waals surface area contributed by atoms with E-state index in [2.05, 4.69) is 30.8 Å². The standard InChI is InChI=1S/C29H31F4N7O4S/c1-39-14-6-7-21(39)23(30)20(8-14)35-19-5-3-4-16-17(9-29(31,32)33)25(45-24(16)19)26-36-22(44-38-26)10-34-27(41)18-11-40(15-12-43-13-15)37-28(18)42-2/h3-5,11,14-15,20-21,23,35H,6-10,12-13H2,1-2H3,(H,34,41)/t14-,20-,21+,23-/m1/s1. The molecule has 45 heavy (non-hydrogen) atoms. The molecule has 1 amide bonds. The van der Waals surface area contributed by atoms with Crippen LogP contribution in [0.15, 0.2) is 28.9 Å². The summed E-state index contributed by atoms with van der Waals surface area (Å²) in [6.45, 7) is 0.796. The molecular weight excluding hydrogens is 618 g/mol. The van der Waals surface area contributed by atoms with Crippen molar-refractivity contribution in [1.82, 2.24) is 30.1 Å². The van der Waals surface area contributed by atoms with Crippen molar-refractivity contribution < 1.29 is 36.4 Å². The van der Waals surface area contributed by atoms with E-state index in [9.17, 15) is 18.0 Å². The number of hydrogen-bond donors (Lipinski definition) is 2. The van der Waals surface area contributed by atoms with E-state index in [0.717, 1.165) is 24.2 Å². The largest absolute Gasteiger partial charge is 0.479 e. The first-order chi connectivity index (χ1) is 21.6. The molecule has 4 atom stereocenters. The summed E-state index contributed by atoms with van der Waals surface area (Å²) in [5.74, 6) is -0.374. The third-order valence-corrected chi connectivity index (χ3v) is 10.2. The van der Waals surface area contributed by atoms with Crippen LogP contribution in [0.1, 0.15) is 47.1 Å². The SMILES string of the molecule is COc1nn(C2COC2)cc1C(=O)NCc1nc(-c2sc3c(N[C@@H]4C[C@H]5CC[C@@H]([C@@H]4F)N5C)cccc3c2CC(F)(F)F)no1. The molecule has 2 N–H and O–H groups in total. The summed E-state index contributed by atoms with van der Waals surface area (Å²) in [5.41, 5.74) is 0.789. The smallest absolute Gasteiger partial charge is 0.393 e. The van der Waals surface area contributed by atoms with Crippen LogP contribution in [0.25, 0.3) is 20.8 Å². The molecule has 3 aromatic heterocycles. The Hall–Kier alpha value is -3.76. The second-order valence-electron chi connectivity index (χ2n) is 11.7. The quantitative estimate of drug-likeness (QED) is 0.248. The lowest BCUT2D eigenvalue weighted by Gasteiger charge is -2.39. The average molecular weight is 650 g/mol. The van der Waals surface area contributed by atoms with Gasteiger partial charge >= 0.3 is 6.18 Å². The third kappa shape index (κ3) is 5.63. The highest BCUT2D eigenvalue weighted by atomic mass is 32.1. The van der Waals surface area contributed by atoms with Crippen LogP contribution in [0.5, 0.6) is 5.88 Å². The lowest BCUT2D eigenvalue weighted by Crippen LogP contribution is -2.53. The lowest BCUT2D eigenvalue weighted by molar-refractivity contribution is -0.126. The van der Waals surface area contributed by atoms with E-state index < -0.39 is 30.7 Å². The summed E-state index contributed by atoms with van der Waals surface area (Å²) >= 11 is 1.10. The fourth-order valence-electron chi connectivity index (χ4n) is 6.49. The zero-order valence-electron chi connectivity index (χ0n) is 24.4. The number of methoxy groups -OCH3 is 1. The Labute approximate surface area is 258 Å². The minimum Gasteiger partial charge on any atom is -0.479 e. The third-order valence-electron chi connectivity index (χ3n) is 8.91. The molecule has 3 aliphatic heterocycles. The number of ether oxygens (including phenoxy) is 2. The topological polar surface area (TPSA) is 120 Å². The molecule has 0 saturated carbocycles. The molecule has 0 radical (unpaired) electrons. The second kappa shape index (κ2) is 11.6. The van der Waals surface area contributed by atoms with Gasteiger partial charge in [-0.2, -0.15) is 18.2 Å². The van der Waals surface area contributed by atoms with Gasteiger partial charge in [-0.15, -0.1) is 16.4 Å². The number of carbonyl (C=O) groups excluding carboxylic acids is 1. The van der Waals surface area contributed by atoms with Gasteiger partial charge in [0, 0.05) is 18.3 Å². The predicted molar refractivity (Wildman–Crippen MR) is 156 cm³/mol. The van der Waals surface area contributed by atoms with Crippen LogP contribution in [0.3, 0.4) is 0 Å². The number of piperidine rings is 1. The molecule has 3 fully saturated rings. The van der Waals surface area contributed by atoms with Gasteiger partial charge in [0.1, 0.15) is 11.7 Å². The van der Waals surface area contributed by atoms with Crippen molar-refractivity contribution in [3.05, 3.63) is 41.4 Å². The monoisotopic (exact) mass is 649 g/mol. The van der Waals surface area contributed by atoms with Gasteiger partial charge in [0.2, 0.25) is 17.6 Å². The number of carbonyl (C=O) groups is 1. The minimum atomic E-state index is -4.50. The van der Waals surface area contributed by atoms with Crippen LogP contribution in [-0.2, 0) is 17.7 Å². The van der Waals surface area contributed by atoms with Gasteiger partial charge in [-0.1, -0.05) is 17.3 Å². The number of thiophene rings is 1. The van der Waals surface area contributed by atoms with Gasteiger partial charge in [0.05, 0.1) is 60.6 Å². The first-order valence-corrected chi connectivity index (χ1v) is 15.5. The maximum absolute atomic E-state index is 15.5. The molecule has 240 valence electrons. The van der Waals surface area contributed by atoms with E-state index >= 15 is 4.39 Å². The van der Waals surface area contributed by atoms with E-state index in [1.165, 1.54) is 7.11 Å². The van der Waals surface area contributed by atoms with Crippen LogP contribution in [0.4, 0.5) is 23.2 Å². The fourth-order valence-corrected chi connectivity index (χ4v) is 7.72. The van der Waals surface area contributed by atoms with Gasteiger partial charge in [0.25, 0.3) is 5.91 Å². The normalized spacial score (nSPS) is 23.8. The van der Waals surface area contributed by atoms with Gasteiger partial charge in [-0.25, -0.2) is 4.39 Å². The maximum atomic E-state index is 15.5. The first kappa shape index (κ1) is 29.9. The van der Waals surface area contributed by atoms with Gasteiger partial charge in [-0.05, 0) is 43.3 Å². The van der Waals surface area contributed by atoms with E-state index in [4.69, 9.17) is 14.0 Å². The van der Waals surface area contributed by atoms with Crippen LogP contribution in [0, 0.1) is 0 Å². The average Bonchev–Trinajstić information content (AvgIpc) is 3.74. The molecule has 3 saturated heterocycles. The van der Waals surface area contributed by atoms with Crippen molar-refractivity contribution in [3.63, 3.8) is 0 Å². The number of amides is 1. The number of alkyl halides is 4. The molecule has 1 aromatic carbocycles. The number of aromatic nitrogens is 4. The number of rotatable bonds is 9. The fraction of sp³-hybridized carbons (Fsp3) is 0.517. The number of benzene rings is 1. The predicted octanol–water partition coefficient (Wildman–Crippen LogP) is 4.75. The van der Waals surface area contributed by atoms with Crippen LogP contribution >= 0.6 is 11.3 Å². The molecule has 0 spiro atoms. The molecule has 0 aliphatic carbocycles. The number of fused-ring (bicyclic) bond motifs is 3. The molecule has 7 rings (SSSR count). The van der Waals surface area contributed by atoms with Crippen molar-refractivity contribution in [2.24, 2.45) is 0 Å². The number of anilines is 1. The van der Waals surface area contributed by atoms with Crippen molar-refractivity contribution in [1.29, 1.82) is 0 Å². The summed E-state index contributed by atoms with van der Waals surface area (Å²) < 4.78 is 74.8. The lowest BCUT2D eigenvalue weighted by atomic mass is 9.95. The Morgan fingerprint density at radius 1 is 1.22 bits per heavy atom. The van der Waals surface area contributed by atoms with Gasteiger partial charge < -0.3 is 24.6 Å². The van der Waals surface area contributed by atoms with Crippen LogP contribution in [0.2, 0.25) is 0 Å². The first-order valence-electron chi connectivity index (χ1n) is 14.7. The molecular formula is C29H31F4N7O4S. The number of halogens is 4. The zero-order valence-corrected chi connectivity index (χ0v) is 25.3. The highest BCUT2D eigenvalue weighted by Crippen LogP contribution is 2.45. The Morgan fingerprint density at radius 3 is 2.78 bits per heavy atom. The molecule has 2 bridgehead atoms. The van der Waals surface area contributed by atoms with Crippen molar-refractivity contribution in [2.75, 3.05) is 32.7 Å². The zero-order chi connectivity index (χ0) is 31.5. The molecule has 4 aromatic rings. The van der Waals surface area contributed by atoms with Crippen LogP contribution in [-0.4, -0.2) is 88.6 Å². The van der Waals surface area contributed by atoms with Gasteiger partial charge in [-0.3, -0.25) is 14.4 Å². The van der Waals surface area contributed by atoms with E-state index in [1.807, 2.05) is 7.05 Å². The molecule has 0 unspecified atom stereocenters. The van der Waals surface area contributed by atoms with Crippen molar-refractivity contribution in [2.45, 2.75) is 68.7 Å². The Kier molecular flexibility index (Phi) is 7.68. The molecule has 3 aliphatic rings. The number of hydrogen-bond acceptors (Lipinski definition) is 10. The summed E-state index contributed by atoms with van der Waals surface area (Å²) in [6, 6.07) is 4.72. The van der Waals surface area contributed by atoms with Crippen molar-refractivity contribution in [3.8, 4) is 16.6 Å². The maximum Gasteiger partial charge on any atom is 0.393 e. The van der Waals surface area contributed by atoms with E-state index in [0.29, 0.717) is 35.4 Å². The Bertz CT molecular complexity index is 1720. The summed E-state index contributed by atoms with van der Waals surface area (Å²) in [5, 5.41) is 14.6. The molecule has 16 heteroatoms. The Morgan fingerprint density at radius 2 is 2.04 bits per heavy atom. The van der Waals surface area contributed by atoms with E-state index in [1.54, 1.807) is 29.1 Å². The summed E-state index contributed by atoms with van der Waals surface area (Å²) in [4.78, 5) is 19.5. The molecule has 11 nitrogen and oxygen atoms in total. The summed E-state index contributed by atoms with van der Waals surface area (Å²) in [7, 11) is 3.35. The highest BCUT2D eigenvalue weighted by molar-refractivity contribution is 7.23. The van der Waals surface area contributed by atoms with Gasteiger partial charge in [0.15, 0.2) is 0 Å². The number of nitrogens with one attached hydrogen (secondary N) is 2. The second-order valence-corrected chi connectivity index (χ2v) is 12.7. The van der Waals surface area contributed by atoms with E-state index in [-0.39, 0.29) is 58.3 Å². The summed E-state index contributed by atoms with van der Waals surface area (Å²) in [6.07, 6.45) is -2.91. The minimum absolute atomic E-state index is 0.00735. The highest BCUT2D eigenvalue weighted by Gasteiger charge is 2.46. The number of nitrogens with zero attached hydrogens (tertiary/aromatic N) is 5. The Balaban J connectivity index is 1.13. The van der Waals surface area contributed by atoms with Crippen LogP contribution < -0.4 is 15.4 Å².